The predicted octanol–water partition coefficient (Wildman–Crippen LogP) is 5.83. The zero-order valence-corrected chi connectivity index (χ0v) is 18.4. The average Bonchev–Trinajstić information content (AvgIpc) is 3.04. The van der Waals surface area contributed by atoms with Crippen LogP contribution in [0.4, 0.5) is 5.69 Å². The molecule has 0 bridgehead atoms. The third-order valence-corrected chi connectivity index (χ3v) is 6.11. The second-order valence-corrected chi connectivity index (χ2v) is 7.79. The van der Waals surface area contributed by atoms with Crippen LogP contribution in [0.5, 0.6) is 11.5 Å². The first-order valence-corrected chi connectivity index (χ1v) is 10.2. The van der Waals surface area contributed by atoms with Gasteiger partial charge in [-0.25, -0.2) is 0 Å². The van der Waals surface area contributed by atoms with E-state index in [0.717, 1.165) is 33.3 Å². The number of fused-ring (bicyclic) bond motifs is 1. The Kier molecular flexibility index (Phi) is 5.19. The number of hydrogen-bond acceptors (Lipinski definition) is 3. The zero-order valence-electron chi connectivity index (χ0n) is 18.4. The standard InChI is InChI=1S/C26H26N2O3/c1-15-16(2)25(29)24(28-18(4)17(3)21-8-6-7-9-23(21)28)14-22(15)27-26(30)19-10-12-20(31-5)13-11-19/h6-14,29H,1-5H3,(H,27,30). The van der Waals surface area contributed by atoms with Crippen molar-refractivity contribution >= 4 is 22.5 Å². The number of para-hydroxylation sites is 1. The maximum Gasteiger partial charge on any atom is 0.255 e. The maximum atomic E-state index is 12.9. The molecule has 0 unspecified atom stereocenters. The Balaban J connectivity index is 1.82. The third kappa shape index (κ3) is 3.42. The lowest BCUT2D eigenvalue weighted by atomic mass is 10.0. The lowest BCUT2D eigenvalue weighted by Gasteiger charge is -2.18. The van der Waals surface area contributed by atoms with Gasteiger partial charge in [0.15, 0.2) is 0 Å². The Labute approximate surface area is 181 Å². The Morgan fingerprint density at radius 2 is 1.61 bits per heavy atom. The molecule has 1 amide bonds. The quantitative estimate of drug-likeness (QED) is 0.413. The van der Waals surface area contributed by atoms with Gasteiger partial charge in [0.05, 0.1) is 18.3 Å². The molecule has 2 N–H and O–H groups in total. The molecule has 158 valence electrons. The summed E-state index contributed by atoms with van der Waals surface area (Å²) in [7, 11) is 1.59. The fourth-order valence-electron chi connectivity index (χ4n) is 3.96. The maximum absolute atomic E-state index is 12.9. The summed E-state index contributed by atoms with van der Waals surface area (Å²) in [5.41, 5.74) is 6.64. The largest absolute Gasteiger partial charge is 0.505 e. The van der Waals surface area contributed by atoms with Gasteiger partial charge >= 0.3 is 0 Å². The van der Waals surface area contributed by atoms with E-state index in [1.807, 2.05) is 45.0 Å². The number of aryl methyl sites for hydroxylation is 1. The summed E-state index contributed by atoms with van der Waals surface area (Å²) in [6, 6.07) is 16.9. The van der Waals surface area contributed by atoms with Crippen molar-refractivity contribution in [1.29, 1.82) is 0 Å². The Hall–Kier alpha value is -3.73. The van der Waals surface area contributed by atoms with E-state index in [0.29, 0.717) is 22.7 Å². The van der Waals surface area contributed by atoms with Crippen LogP contribution in [0.15, 0.2) is 54.6 Å². The highest BCUT2D eigenvalue weighted by Crippen LogP contribution is 2.38. The number of amides is 1. The molecule has 5 heteroatoms. The average molecular weight is 415 g/mol. The minimum atomic E-state index is -0.216. The molecule has 0 radical (unpaired) electrons. The van der Waals surface area contributed by atoms with E-state index in [1.54, 1.807) is 31.4 Å². The molecule has 3 aromatic carbocycles. The SMILES string of the molecule is COc1ccc(C(=O)Nc2cc(-n3c(C)c(C)c4ccccc43)c(O)c(C)c2C)cc1. The van der Waals surface area contributed by atoms with Gasteiger partial charge in [0.1, 0.15) is 11.5 Å². The van der Waals surface area contributed by atoms with E-state index >= 15 is 0 Å². The number of phenolic OH excluding ortho intramolecular Hbond substituents is 1. The van der Waals surface area contributed by atoms with Gasteiger partial charge in [-0.1, -0.05) is 18.2 Å². The summed E-state index contributed by atoms with van der Waals surface area (Å²) in [4.78, 5) is 12.9. The third-order valence-electron chi connectivity index (χ3n) is 6.11. The molecule has 0 saturated heterocycles. The van der Waals surface area contributed by atoms with E-state index in [-0.39, 0.29) is 11.7 Å². The molecule has 0 atom stereocenters. The van der Waals surface area contributed by atoms with Crippen LogP contribution in [0.2, 0.25) is 0 Å². The number of nitrogens with zero attached hydrogens (tertiary/aromatic N) is 1. The molecule has 1 heterocycles. The number of phenols is 1. The van der Waals surface area contributed by atoms with Crippen molar-refractivity contribution in [3.63, 3.8) is 0 Å². The first-order valence-electron chi connectivity index (χ1n) is 10.2. The van der Waals surface area contributed by atoms with Crippen molar-refractivity contribution < 1.29 is 14.6 Å². The highest BCUT2D eigenvalue weighted by atomic mass is 16.5. The zero-order chi connectivity index (χ0) is 22.3. The van der Waals surface area contributed by atoms with Gasteiger partial charge in [0.2, 0.25) is 0 Å². The van der Waals surface area contributed by atoms with Gasteiger partial charge in [0, 0.05) is 22.3 Å². The van der Waals surface area contributed by atoms with Crippen molar-refractivity contribution in [2.24, 2.45) is 0 Å². The lowest BCUT2D eigenvalue weighted by Crippen LogP contribution is -2.14. The van der Waals surface area contributed by atoms with Gasteiger partial charge in [-0.2, -0.15) is 0 Å². The van der Waals surface area contributed by atoms with Crippen LogP contribution in [0.25, 0.3) is 16.6 Å². The summed E-state index contributed by atoms with van der Waals surface area (Å²) in [5, 5.41) is 15.2. The molecule has 4 rings (SSSR count). The van der Waals surface area contributed by atoms with Crippen molar-refractivity contribution in [1.82, 2.24) is 4.57 Å². The number of hydrogen-bond donors (Lipinski definition) is 2. The van der Waals surface area contributed by atoms with Crippen LogP contribution in [-0.4, -0.2) is 22.7 Å². The van der Waals surface area contributed by atoms with Crippen molar-refractivity contribution in [2.45, 2.75) is 27.7 Å². The van der Waals surface area contributed by atoms with Gasteiger partial charge in [0.25, 0.3) is 5.91 Å². The smallest absolute Gasteiger partial charge is 0.255 e. The van der Waals surface area contributed by atoms with Gasteiger partial charge in [-0.15, -0.1) is 0 Å². The minimum absolute atomic E-state index is 0.212. The van der Waals surface area contributed by atoms with E-state index in [9.17, 15) is 9.90 Å². The molecule has 4 aromatic rings. The number of carbonyl (C=O) groups excluding carboxylic acids is 1. The van der Waals surface area contributed by atoms with Crippen LogP contribution < -0.4 is 10.1 Å². The highest BCUT2D eigenvalue weighted by molar-refractivity contribution is 6.05. The Morgan fingerprint density at radius 1 is 0.935 bits per heavy atom. The van der Waals surface area contributed by atoms with E-state index < -0.39 is 0 Å². The van der Waals surface area contributed by atoms with Crippen molar-refractivity contribution in [3.8, 4) is 17.2 Å². The number of anilines is 1. The molecule has 31 heavy (non-hydrogen) atoms. The van der Waals surface area contributed by atoms with E-state index in [1.165, 1.54) is 0 Å². The molecule has 0 aliphatic heterocycles. The Morgan fingerprint density at radius 3 is 2.29 bits per heavy atom. The van der Waals surface area contributed by atoms with Crippen LogP contribution in [0, 0.1) is 27.7 Å². The van der Waals surface area contributed by atoms with Crippen LogP contribution in [-0.2, 0) is 0 Å². The molecular weight excluding hydrogens is 388 g/mol. The number of carbonyl (C=O) groups is 1. The number of benzene rings is 3. The number of rotatable bonds is 4. The fraction of sp³-hybridized carbons (Fsp3) is 0.192. The summed E-state index contributed by atoms with van der Waals surface area (Å²) in [5.74, 6) is 0.691. The summed E-state index contributed by atoms with van der Waals surface area (Å²) in [6.07, 6.45) is 0. The number of methoxy groups -OCH3 is 1. The summed E-state index contributed by atoms with van der Waals surface area (Å²) in [6.45, 7) is 7.89. The van der Waals surface area contributed by atoms with E-state index in [2.05, 4.69) is 22.9 Å². The molecule has 1 aromatic heterocycles. The molecule has 0 fully saturated rings. The van der Waals surface area contributed by atoms with Crippen LogP contribution in [0.1, 0.15) is 32.7 Å². The normalized spacial score (nSPS) is 11.0. The first-order chi connectivity index (χ1) is 14.8. The second kappa shape index (κ2) is 7.84. The highest BCUT2D eigenvalue weighted by Gasteiger charge is 2.19. The fourth-order valence-corrected chi connectivity index (χ4v) is 3.96. The number of ether oxygens (including phenoxy) is 1. The predicted molar refractivity (Wildman–Crippen MR) is 125 cm³/mol. The topological polar surface area (TPSA) is 63.5 Å². The number of aromatic hydroxyl groups is 1. The van der Waals surface area contributed by atoms with Crippen LogP contribution >= 0.6 is 0 Å². The monoisotopic (exact) mass is 414 g/mol. The van der Waals surface area contributed by atoms with Crippen LogP contribution in [0.3, 0.4) is 0 Å². The second-order valence-electron chi connectivity index (χ2n) is 7.79. The van der Waals surface area contributed by atoms with Gasteiger partial charge in [-0.3, -0.25) is 4.79 Å². The van der Waals surface area contributed by atoms with Gasteiger partial charge < -0.3 is 19.7 Å². The summed E-state index contributed by atoms with van der Waals surface area (Å²) < 4.78 is 7.22. The lowest BCUT2D eigenvalue weighted by molar-refractivity contribution is 0.102. The van der Waals surface area contributed by atoms with Crippen molar-refractivity contribution in [2.75, 3.05) is 12.4 Å². The van der Waals surface area contributed by atoms with Crippen molar-refractivity contribution in [3.05, 3.63) is 82.5 Å². The molecule has 5 nitrogen and oxygen atoms in total. The molecule has 0 aliphatic carbocycles. The minimum Gasteiger partial charge on any atom is -0.505 e. The molecule has 0 saturated carbocycles. The molecule has 0 spiro atoms. The van der Waals surface area contributed by atoms with Gasteiger partial charge in [-0.05, 0) is 80.8 Å². The van der Waals surface area contributed by atoms with E-state index in [4.69, 9.17) is 4.74 Å². The number of nitrogens with one attached hydrogen (secondary N) is 1. The molecule has 0 aliphatic rings. The molecular formula is C26H26N2O3. The first kappa shape index (κ1) is 20.5. The Bertz CT molecular complexity index is 1300. The summed E-state index contributed by atoms with van der Waals surface area (Å²) >= 11 is 0. The number of aromatic nitrogens is 1.